The molecule has 7 nitrogen and oxygen atoms in total. The van der Waals surface area contributed by atoms with E-state index in [1.165, 1.54) is 5.56 Å². The molecular weight excluding hydrogens is 340 g/mol. The van der Waals surface area contributed by atoms with E-state index in [9.17, 15) is 4.79 Å². The van der Waals surface area contributed by atoms with Crippen LogP contribution in [0.3, 0.4) is 0 Å². The number of aromatic amines is 2. The number of likely N-dealkylation sites (N-methyl/N-ethyl adjacent to an activating group) is 1. The highest BCUT2D eigenvalue weighted by molar-refractivity contribution is 5.94. The first kappa shape index (κ1) is 16.5. The summed E-state index contributed by atoms with van der Waals surface area (Å²) in [6.45, 7) is 4.59. The molecule has 1 atom stereocenters. The molecule has 0 aliphatic carbocycles. The number of imidazole rings is 1. The third kappa shape index (κ3) is 2.73. The number of fused-ring (bicyclic) bond motifs is 2. The summed E-state index contributed by atoms with van der Waals surface area (Å²) in [5, 5.41) is 7.47. The quantitative estimate of drug-likeness (QED) is 0.732. The van der Waals surface area contributed by atoms with Crippen LogP contribution in [0.2, 0.25) is 0 Å². The van der Waals surface area contributed by atoms with Gasteiger partial charge < -0.3 is 14.8 Å². The largest absolute Gasteiger partial charge is 0.340 e. The third-order valence-corrected chi connectivity index (χ3v) is 5.81. The normalized spacial score (nSPS) is 20.4. The average molecular weight is 364 g/mol. The Labute approximate surface area is 157 Å². The van der Waals surface area contributed by atoms with Gasteiger partial charge in [-0.1, -0.05) is 6.07 Å². The molecule has 3 aromatic rings. The fourth-order valence-corrected chi connectivity index (χ4v) is 4.34. The summed E-state index contributed by atoms with van der Waals surface area (Å²) >= 11 is 0. The number of likely N-dealkylation sites (tertiary alicyclic amines) is 1. The van der Waals surface area contributed by atoms with Gasteiger partial charge in [-0.25, -0.2) is 4.98 Å². The number of nitrogens with one attached hydrogen (secondary N) is 2. The van der Waals surface area contributed by atoms with Gasteiger partial charge in [0.15, 0.2) is 5.69 Å². The van der Waals surface area contributed by atoms with Crippen LogP contribution < -0.4 is 0 Å². The van der Waals surface area contributed by atoms with Crippen LogP contribution in [-0.4, -0.2) is 56.0 Å². The first-order valence-electron chi connectivity index (χ1n) is 9.62. The molecule has 4 heterocycles. The zero-order chi connectivity index (χ0) is 18.5. The fourth-order valence-electron chi connectivity index (χ4n) is 4.34. The van der Waals surface area contributed by atoms with Crippen molar-refractivity contribution in [1.29, 1.82) is 0 Å². The number of H-pyrrole nitrogens is 2. The summed E-state index contributed by atoms with van der Waals surface area (Å²) in [6, 6.07) is 6.19. The second-order valence-electron chi connectivity index (χ2n) is 7.82. The molecule has 5 rings (SSSR count). The highest BCUT2D eigenvalue weighted by Crippen LogP contribution is 2.33. The summed E-state index contributed by atoms with van der Waals surface area (Å²) < 4.78 is 0. The first-order chi connectivity index (χ1) is 13.1. The predicted octanol–water partition coefficient (Wildman–Crippen LogP) is 2.56. The van der Waals surface area contributed by atoms with Gasteiger partial charge in [0.25, 0.3) is 5.91 Å². The van der Waals surface area contributed by atoms with Crippen LogP contribution in [0.5, 0.6) is 0 Å². The van der Waals surface area contributed by atoms with E-state index in [-0.39, 0.29) is 11.9 Å². The first-order valence-corrected chi connectivity index (χ1v) is 9.62. The van der Waals surface area contributed by atoms with Crippen molar-refractivity contribution >= 4 is 16.9 Å². The van der Waals surface area contributed by atoms with E-state index in [1.54, 1.807) is 0 Å². The van der Waals surface area contributed by atoms with Crippen molar-refractivity contribution in [1.82, 2.24) is 30.0 Å². The number of rotatable bonds is 2. The van der Waals surface area contributed by atoms with Crippen LogP contribution in [0.15, 0.2) is 18.2 Å². The Morgan fingerprint density at radius 3 is 3.07 bits per heavy atom. The molecule has 0 unspecified atom stereocenters. The minimum absolute atomic E-state index is 0.0149. The number of aryl methyl sites for hydroxylation is 1. The van der Waals surface area contributed by atoms with Crippen molar-refractivity contribution in [3.8, 4) is 0 Å². The zero-order valence-electron chi connectivity index (χ0n) is 15.7. The Balaban J connectivity index is 1.47. The van der Waals surface area contributed by atoms with Crippen molar-refractivity contribution in [3.63, 3.8) is 0 Å². The Bertz CT molecular complexity index is 1020. The van der Waals surface area contributed by atoms with Crippen LogP contribution in [-0.2, 0) is 13.0 Å². The van der Waals surface area contributed by atoms with Crippen LogP contribution in [0.25, 0.3) is 11.0 Å². The van der Waals surface area contributed by atoms with E-state index in [1.807, 2.05) is 11.0 Å². The average Bonchev–Trinajstić information content (AvgIpc) is 3.37. The summed E-state index contributed by atoms with van der Waals surface area (Å²) in [6.07, 6.45) is 2.83. The molecule has 2 aliphatic rings. The molecule has 27 heavy (non-hydrogen) atoms. The van der Waals surface area contributed by atoms with Gasteiger partial charge in [0.05, 0.1) is 17.1 Å². The summed E-state index contributed by atoms with van der Waals surface area (Å²) in [4.78, 5) is 25.7. The Morgan fingerprint density at radius 2 is 2.19 bits per heavy atom. The molecule has 7 heteroatoms. The minimum atomic E-state index is -0.0149. The topological polar surface area (TPSA) is 80.9 Å². The maximum atomic E-state index is 13.3. The zero-order valence-corrected chi connectivity index (χ0v) is 15.7. The van der Waals surface area contributed by atoms with Gasteiger partial charge in [-0.05, 0) is 44.5 Å². The van der Waals surface area contributed by atoms with Crippen molar-refractivity contribution in [3.05, 3.63) is 46.5 Å². The molecule has 1 amide bonds. The van der Waals surface area contributed by atoms with Gasteiger partial charge in [-0.15, -0.1) is 0 Å². The lowest BCUT2D eigenvalue weighted by Crippen LogP contribution is -2.33. The molecule has 0 radical (unpaired) electrons. The molecular formula is C20H24N6O. The molecule has 2 aromatic heterocycles. The molecule has 1 aromatic carbocycles. The molecule has 0 spiro atoms. The minimum Gasteiger partial charge on any atom is -0.340 e. The third-order valence-electron chi connectivity index (χ3n) is 5.81. The smallest absolute Gasteiger partial charge is 0.275 e. The maximum absolute atomic E-state index is 13.3. The number of nitrogens with zero attached hydrogens (tertiary/aromatic N) is 4. The lowest BCUT2D eigenvalue weighted by Gasteiger charge is -2.25. The van der Waals surface area contributed by atoms with Gasteiger partial charge in [-0.2, -0.15) is 5.10 Å². The van der Waals surface area contributed by atoms with Gasteiger partial charge in [-0.3, -0.25) is 9.89 Å². The Hall–Kier alpha value is -2.67. The Morgan fingerprint density at radius 1 is 1.30 bits per heavy atom. The number of carbonyl (C=O) groups is 1. The molecule has 140 valence electrons. The summed E-state index contributed by atoms with van der Waals surface area (Å²) in [5.41, 5.74) is 5.92. The monoisotopic (exact) mass is 364 g/mol. The number of aromatic nitrogens is 4. The van der Waals surface area contributed by atoms with E-state index in [4.69, 9.17) is 4.98 Å². The highest BCUT2D eigenvalue weighted by atomic mass is 16.2. The molecule has 1 saturated heterocycles. The van der Waals surface area contributed by atoms with Crippen molar-refractivity contribution in [2.24, 2.45) is 0 Å². The summed E-state index contributed by atoms with van der Waals surface area (Å²) in [7, 11) is 2.08. The van der Waals surface area contributed by atoms with Crippen LogP contribution >= 0.6 is 0 Å². The van der Waals surface area contributed by atoms with E-state index in [0.29, 0.717) is 5.69 Å². The lowest BCUT2D eigenvalue weighted by atomic mass is 10.0. The highest BCUT2D eigenvalue weighted by Gasteiger charge is 2.35. The van der Waals surface area contributed by atoms with Crippen molar-refractivity contribution in [2.45, 2.75) is 38.8 Å². The van der Waals surface area contributed by atoms with Gasteiger partial charge in [0, 0.05) is 37.3 Å². The second kappa shape index (κ2) is 6.20. The van der Waals surface area contributed by atoms with E-state index in [2.05, 4.69) is 46.2 Å². The molecule has 0 saturated carbocycles. The number of hydrogen-bond acceptors (Lipinski definition) is 4. The van der Waals surface area contributed by atoms with Gasteiger partial charge >= 0.3 is 0 Å². The fraction of sp³-hybridized carbons (Fsp3) is 0.450. The standard InChI is InChI=1S/C20H24N6O/c1-12-5-6-15-16(10-12)22-19(21-15)17-4-3-8-26(17)20(27)18-13-11-25(2)9-7-14(13)23-24-18/h5-6,10,17H,3-4,7-9,11H2,1-2H3,(H,21,22)(H,23,24)/t17-/m0/s1. The van der Waals surface area contributed by atoms with E-state index >= 15 is 0 Å². The van der Waals surface area contributed by atoms with Crippen LogP contribution in [0.4, 0.5) is 0 Å². The van der Waals surface area contributed by atoms with Gasteiger partial charge in [0.1, 0.15) is 5.82 Å². The van der Waals surface area contributed by atoms with Crippen molar-refractivity contribution < 1.29 is 4.79 Å². The SMILES string of the molecule is Cc1ccc2nc([C@@H]3CCCN3C(=O)c3n[nH]c4c3CN(C)CC4)[nH]c2c1. The predicted molar refractivity (Wildman–Crippen MR) is 102 cm³/mol. The molecule has 2 N–H and O–H groups in total. The second-order valence-corrected chi connectivity index (χ2v) is 7.82. The lowest BCUT2D eigenvalue weighted by molar-refractivity contribution is 0.0722. The Kier molecular flexibility index (Phi) is 3.79. The van der Waals surface area contributed by atoms with E-state index in [0.717, 1.165) is 67.0 Å². The van der Waals surface area contributed by atoms with Crippen molar-refractivity contribution in [2.75, 3.05) is 20.1 Å². The number of amides is 1. The van der Waals surface area contributed by atoms with Crippen LogP contribution in [0, 0.1) is 6.92 Å². The summed E-state index contributed by atoms with van der Waals surface area (Å²) in [5.74, 6) is 0.893. The van der Waals surface area contributed by atoms with Crippen LogP contribution in [0.1, 0.15) is 52.0 Å². The maximum Gasteiger partial charge on any atom is 0.275 e. The molecule has 2 aliphatic heterocycles. The number of benzene rings is 1. The molecule has 0 bridgehead atoms. The van der Waals surface area contributed by atoms with E-state index < -0.39 is 0 Å². The molecule has 1 fully saturated rings. The number of hydrogen-bond donors (Lipinski definition) is 2. The van der Waals surface area contributed by atoms with Gasteiger partial charge in [0.2, 0.25) is 0 Å². The number of carbonyl (C=O) groups excluding carboxylic acids is 1.